The van der Waals surface area contributed by atoms with Gasteiger partial charge in [-0.05, 0) is 44.5 Å². The van der Waals surface area contributed by atoms with Gasteiger partial charge in [0.05, 0.1) is 0 Å². The quantitative estimate of drug-likeness (QED) is 0.847. The Morgan fingerprint density at radius 1 is 1.67 bits per heavy atom. The number of pyridine rings is 1. The van der Waals surface area contributed by atoms with E-state index in [-0.39, 0.29) is 5.56 Å². The average molecular weight is 249 g/mol. The number of rotatable bonds is 4. The molecule has 1 fully saturated rings. The largest absolute Gasteiger partial charge is 0.478 e. The van der Waals surface area contributed by atoms with Crippen molar-refractivity contribution in [1.29, 1.82) is 0 Å². The van der Waals surface area contributed by atoms with Crippen molar-refractivity contribution in [3.05, 3.63) is 23.9 Å². The van der Waals surface area contributed by atoms with Crippen LogP contribution in [0.3, 0.4) is 0 Å². The number of nitrogens with one attached hydrogen (secondary N) is 1. The first-order valence-corrected chi connectivity index (χ1v) is 6.27. The van der Waals surface area contributed by atoms with E-state index in [1.165, 1.54) is 12.8 Å². The summed E-state index contributed by atoms with van der Waals surface area (Å²) in [6.45, 7) is 2.99. The van der Waals surface area contributed by atoms with Gasteiger partial charge in [0.2, 0.25) is 0 Å². The summed E-state index contributed by atoms with van der Waals surface area (Å²) in [5.74, 6) is 0.0944. The Morgan fingerprint density at radius 3 is 3.22 bits per heavy atom. The van der Waals surface area contributed by atoms with Gasteiger partial charge in [0.25, 0.3) is 0 Å². The lowest BCUT2D eigenvalue weighted by molar-refractivity contribution is 0.0697. The summed E-state index contributed by atoms with van der Waals surface area (Å²) in [5.41, 5.74) is 0.238. The third-order valence-corrected chi connectivity index (χ3v) is 3.32. The van der Waals surface area contributed by atoms with Crippen LogP contribution < -0.4 is 5.32 Å². The van der Waals surface area contributed by atoms with Crippen LogP contribution in [0, 0.1) is 5.92 Å². The molecule has 0 bridgehead atoms. The van der Waals surface area contributed by atoms with Gasteiger partial charge >= 0.3 is 5.97 Å². The molecule has 5 heteroatoms. The molecular formula is C13H19N3O2. The summed E-state index contributed by atoms with van der Waals surface area (Å²) < 4.78 is 0. The summed E-state index contributed by atoms with van der Waals surface area (Å²) in [6.07, 6.45) is 4.01. The number of hydrogen-bond acceptors (Lipinski definition) is 4. The topological polar surface area (TPSA) is 65.5 Å². The van der Waals surface area contributed by atoms with Gasteiger partial charge in [-0.3, -0.25) is 0 Å². The maximum atomic E-state index is 11.0. The second-order valence-corrected chi connectivity index (χ2v) is 4.86. The fourth-order valence-corrected chi connectivity index (χ4v) is 2.40. The molecule has 1 unspecified atom stereocenters. The minimum Gasteiger partial charge on any atom is -0.478 e. The number of anilines is 1. The third kappa shape index (κ3) is 3.20. The first-order valence-electron chi connectivity index (χ1n) is 6.27. The number of piperidine rings is 1. The van der Waals surface area contributed by atoms with Gasteiger partial charge in [-0.2, -0.15) is 0 Å². The molecule has 1 aromatic heterocycles. The van der Waals surface area contributed by atoms with Crippen molar-refractivity contribution in [2.45, 2.75) is 12.8 Å². The molecule has 2 rings (SSSR count). The fourth-order valence-electron chi connectivity index (χ4n) is 2.40. The Kier molecular flexibility index (Phi) is 4.15. The first kappa shape index (κ1) is 12.8. The van der Waals surface area contributed by atoms with Crippen LogP contribution in [-0.2, 0) is 0 Å². The molecular weight excluding hydrogens is 230 g/mol. The van der Waals surface area contributed by atoms with Crippen LogP contribution in [0.1, 0.15) is 23.2 Å². The SMILES string of the molecule is CN1CCCC(CNc2ncccc2C(=O)O)C1. The van der Waals surface area contributed by atoms with E-state index in [1.54, 1.807) is 18.3 Å². The van der Waals surface area contributed by atoms with Gasteiger partial charge in [0, 0.05) is 19.3 Å². The summed E-state index contributed by atoms with van der Waals surface area (Å²) in [6, 6.07) is 3.22. The minimum atomic E-state index is -0.939. The zero-order valence-electron chi connectivity index (χ0n) is 10.6. The van der Waals surface area contributed by atoms with Crippen LogP contribution in [0.15, 0.2) is 18.3 Å². The molecule has 0 amide bonds. The Labute approximate surface area is 107 Å². The van der Waals surface area contributed by atoms with Gasteiger partial charge in [-0.1, -0.05) is 0 Å². The molecule has 2 heterocycles. The number of aromatic carboxylic acids is 1. The second kappa shape index (κ2) is 5.82. The minimum absolute atomic E-state index is 0.238. The molecule has 0 saturated carbocycles. The van der Waals surface area contributed by atoms with Gasteiger partial charge < -0.3 is 15.3 Å². The Balaban J connectivity index is 1.95. The van der Waals surface area contributed by atoms with Crippen LogP contribution in [-0.4, -0.2) is 47.6 Å². The van der Waals surface area contributed by atoms with Gasteiger partial charge in [0.15, 0.2) is 0 Å². The molecule has 0 aromatic carbocycles. The molecule has 5 nitrogen and oxygen atoms in total. The highest BCUT2D eigenvalue weighted by Crippen LogP contribution is 2.17. The summed E-state index contributed by atoms with van der Waals surface area (Å²) in [5, 5.41) is 12.2. The standard InChI is InChI=1S/C13H19N3O2/c1-16-7-3-4-10(9-16)8-15-12-11(13(17)18)5-2-6-14-12/h2,5-6,10H,3-4,7-9H2,1H3,(H,14,15)(H,17,18). The maximum absolute atomic E-state index is 11.0. The molecule has 0 aliphatic carbocycles. The monoisotopic (exact) mass is 249 g/mol. The van der Waals surface area contributed by atoms with E-state index in [4.69, 9.17) is 5.11 Å². The molecule has 98 valence electrons. The Bertz CT molecular complexity index is 422. The predicted octanol–water partition coefficient (Wildman–Crippen LogP) is 1.53. The van der Waals surface area contributed by atoms with Gasteiger partial charge in [-0.15, -0.1) is 0 Å². The third-order valence-electron chi connectivity index (χ3n) is 3.32. The summed E-state index contributed by atoms with van der Waals surface area (Å²) in [7, 11) is 2.12. The number of aromatic nitrogens is 1. The Hall–Kier alpha value is -1.62. The van der Waals surface area contributed by atoms with E-state index in [0.717, 1.165) is 19.6 Å². The lowest BCUT2D eigenvalue weighted by Crippen LogP contribution is -2.35. The molecule has 1 aromatic rings. The zero-order valence-corrected chi connectivity index (χ0v) is 10.6. The number of likely N-dealkylation sites (tertiary alicyclic amines) is 1. The zero-order chi connectivity index (χ0) is 13.0. The normalized spacial score (nSPS) is 20.6. The summed E-state index contributed by atoms with van der Waals surface area (Å²) in [4.78, 5) is 17.4. The molecule has 1 atom stereocenters. The predicted molar refractivity (Wildman–Crippen MR) is 69.9 cm³/mol. The van der Waals surface area contributed by atoms with E-state index < -0.39 is 5.97 Å². The van der Waals surface area contributed by atoms with Gasteiger partial charge in [-0.25, -0.2) is 9.78 Å². The van der Waals surface area contributed by atoms with Crippen molar-refractivity contribution >= 4 is 11.8 Å². The van der Waals surface area contributed by atoms with Crippen molar-refractivity contribution in [3.8, 4) is 0 Å². The molecule has 1 aliphatic rings. The van der Waals surface area contributed by atoms with Crippen molar-refractivity contribution in [3.63, 3.8) is 0 Å². The van der Waals surface area contributed by atoms with E-state index in [0.29, 0.717) is 11.7 Å². The van der Waals surface area contributed by atoms with E-state index >= 15 is 0 Å². The first-order chi connectivity index (χ1) is 8.66. The highest BCUT2D eigenvalue weighted by molar-refractivity contribution is 5.92. The average Bonchev–Trinajstić information content (AvgIpc) is 2.37. The fraction of sp³-hybridized carbons (Fsp3) is 0.538. The lowest BCUT2D eigenvalue weighted by atomic mass is 9.98. The van der Waals surface area contributed by atoms with E-state index in [2.05, 4.69) is 22.2 Å². The number of hydrogen-bond donors (Lipinski definition) is 2. The van der Waals surface area contributed by atoms with Crippen molar-refractivity contribution in [2.24, 2.45) is 5.92 Å². The summed E-state index contributed by atoms with van der Waals surface area (Å²) >= 11 is 0. The van der Waals surface area contributed by atoms with Crippen LogP contribution in [0.4, 0.5) is 5.82 Å². The molecule has 18 heavy (non-hydrogen) atoms. The van der Waals surface area contributed by atoms with E-state index in [9.17, 15) is 4.79 Å². The van der Waals surface area contributed by atoms with Crippen LogP contribution >= 0.6 is 0 Å². The number of carboxylic acids is 1. The molecule has 1 saturated heterocycles. The van der Waals surface area contributed by atoms with Crippen LogP contribution in [0.25, 0.3) is 0 Å². The van der Waals surface area contributed by atoms with Crippen molar-refractivity contribution in [2.75, 3.05) is 32.0 Å². The van der Waals surface area contributed by atoms with Crippen molar-refractivity contribution < 1.29 is 9.90 Å². The van der Waals surface area contributed by atoms with Crippen molar-refractivity contribution in [1.82, 2.24) is 9.88 Å². The van der Waals surface area contributed by atoms with Gasteiger partial charge in [0.1, 0.15) is 11.4 Å². The number of carboxylic acid groups (broad SMARTS) is 1. The van der Waals surface area contributed by atoms with E-state index in [1.807, 2.05) is 0 Å². The van der Waals surface area contributed by atoms with Crippen LogP contribution in [0.2, 0.25) is 0 Å². The second-order valence-electron chi connectivity index (χ2n) is 4.86. The number of nitrogens with zero attached hydrogens (tertiary/aromatic N) is 2. The molecule has 0 radical (unpaired) electrons. The number of carbonyl (C=O) groups is 1. The molecule has 0 spiro atoms. The highest BCUT2D eigenvalue weighted by atomic mass is 16.4. The molecule has 1 aliphatic heterocycles. The lowest BCUT2D eigenvalue weighted by Gasteiger charge is -2.29. The molecule has 2 N–H and O–H groups in total. The maximum Gasteiger partial charge on any atom is 0.339 e. The van der Waals surface area contributed by atoms with Crippen LogP contribution in [0.5, 0.6) is 0 Å². The smallest absolute Gasteiger partial charge is 0.339 e. The Morgan fingerprint density at radius 2 is 2.50 bits per heavy atom. The highest BCUT2D eigenvalue weighted by Gasteiger charge is 2.18.